The molecule has 25 heavy (non-hydrogen) atoms. The van der Waals surface area contributed by atoms with E-state index in [1.165, 1.54) is 37.4 Å². The number of carbonyl (C=O) groups excluding carboxylic acids is 1. The minimum absolute atomic E-state index is 0.324. The van der Waals surface area contributed by atoms with Crippen molar-refractivity contribution in [3.05, 3.63) is 64.8 Å². The zero-order chi connectivity index (χ0) is 18.0. The number of carbonyl (C=O) groups is 1. The van der Waals surface area contributed by atoms with Gasteiger partial charge in [0.1, 0.15) is 17.1 Å². The normalized spacial score (nSPS) is 12.0. The number of fused-ring (bicyclic) bond motifs is 1. The fourth-order valence-electron chi connectivity index (χ4n) is 2.41. The summed E-state index contributed by atoms with van der Waals surface area (Å²) in [7, 11) is 1.28. The van der Waals surface area contributed by atoms with E-state index in [1.54, 1.807) is 25.1 Å². The van der Waals surface area contributed by atoms with Gasteiger partial charge in [-0.15, -0.1) is 0 Å². The monoisotopic (exact) mass is 342 g/mol. The van der Waals surface area contributed by atoms with Crippen molar-refractivity contribution in [3.63, 3.8) is 0 Å². The maximum Gasteiger partial charge on any atom is 0.346 e. The van der Waals surface area contributed by atoms with E-state index in [2.05, 4.69) is 4.74 Å². The van der Waals surface area contributed by atoms with E-state index in [4.69, 9.17) is 9.15 Å². The standard InChI is InChI=1S/C19H15FO5/c1-11(18(21)23-2)24-15-8-5-13-9-16(19(22)25-17(13)10-15)12-3-6-14(20)7-4-12/h3-11H,1-2H3/t11-/m0/s1. The quantitative estimate of drug-likeness (QED) is 0.536. The molecule has 0 spiro atoms. The van der Waals surface area contributed by atoms with Crippen molar-refractivity contribution < 1.29 is 23.1 Å². The topological polar surface area (TPSA) is 65.7 Å². The summed E-state index contributed by atoms with van der Waals surface area (Å²) in [6, 6.07) is 12.2. The van der Waals surface area contributed by atoms with E-state index in [0.29, 0.717) is 27.8 Å². The van der Waals surface area contributed by atoms with Crippen LogP contribution in [0.3, 0.4) is 0 Å². The minimum Gasteiger partial charge on any atom is -0.479 e. The van der Waals surface area contributed by atoms with Gasteiger partial charge in [-0.1, -0.05) is 12.1 Å². The number of hydrogen-bond donors (Lipinski definition) is 0. The highest BCUT2D eigenvalue weighted by atomic mass is 19.1. The maximum atomic E-state index is 13.0. The van der Waals surface area contributed by atoms with Crippen LogP contribution in [0.15, 0.2) is 57.7 Å². The van der Waals surface area contributed by atoms with Crippen LogP contribution in [-0.4, -0.2) is 19.2 Å². The van der Waals surface area contributed by atoms with Crippen LogP contribution in [0.1, 0.15) is 6.92 Å². The van der Waals surface area contributed by atoms with Crippen molar-refractivity contribution in [2.45, 2.75) is 13.0 Å². The fourth-order valence-corrected chi connectivity index (χ4v) is 2.41. The van der Waals surface area contributed by atoms with Gasteiger partial charge in [-0.3, -0.25) is 0 Å². The number of benzene rings is 2. The van der Waals surface area contributed by atoms with E-state index in [-0.39, 0.29) is 5.82 Å². The molecule has 6 heteroatoms. The van der Waals surface area contributed by atoms with E-state index >= 15 is 0 Å². The van der Waals surface area contributed by atoms with Gasteiger partial charge in [0.2, 0.25) is 0 Å². The Kier molecular flexibility index (Phi) is 4.52. The Morgan fingerprint density at radius 3 is 2.52 bits per heavy atom. The van der Waals surface area contributed by atoms with Gasteiger partial charge in [0.05, 0.1) is 12.7 Å². The van der Waals surface area contributed by atoms with Crippen molar-refractivity contribution >= 4 is 16.9 Å². The Balaban J connectivity index is 1.97. The third-order valence-electron chi connectivity index (χ3n) is 3.71. The van der Waals surface area contributed by atoms with Gasteiger partial charge in [0.15, 0.2) is 6.10 Å². The number of ether oxygens (including phenoxy) is 2. The lowest BCUT2D eigenvalue weighted by Gasteiger charge is -2.12. The molecule has 5 nitrogen and oxygen atoms in total. The van der Waals surface area contributed by atoms with Crippen molar-refractivity contribution in [2.24, 2.45) is 0 Å². The number of rotatable bonds is 4. The van der Waals surface area contributed by atoms with Crippen LogP contribution in [0.5, 0.6) is 5.75 Å². The molecule has 0 fully saturated rings. The van der Waals surface area contributed by atoms with Gasteiger partial charge in [-0.25, -0.2) is 14.0 Å². The molecule has 0 aliphatic heterocycles. The summed E-state index contributed by atoms with van der Waals surface area (Å²) in [4.78, 5) is 23.6. The Hall–Kier alpha value is -3.15. The number of halogens is 1. The van der Waals surface area contributed by atoms with E-state index in [0.717, 1.165) is 0 Å². The molecule has 0 saturated carbocycles. The van der Waals surface area contributed by atoms with Gasteiger partial charge in [0, 0.05) is 11.5 Å². The molecule has 0 aliphatic rings. The molecule has 0 N–H and O–H groups in total. The second-order valence-electron chi connectivity index (χ2n) is 5.44. The highest BCUT2D eigenvalue weighted by molar-refractivity contribution is 5.83. The number of esters is 1. The molecule has 2 aromatic carbocycles. The Morgan fingerprint density at radius 1 is 1.12 bits per heavy atom. The average molecular weight is 342 g/mol. The maximum absolute atomic E-state index is 13.0. The molecule has 128 valence electrons. The molecular weight excluding hydrogens is 327 g/mol. The summed E-state index contributed by atoms with van der Waals surface area (Å²) in [6.45, 7) is 1.56. The molecule has 0 amide bonds. The van der Waals surface area contributed by atoms with Gasteiger partial charge in [-0.2, -0.15) is 0 Å². The Labute approximate surface area is 142 Å². The first-order valence-corrected chi connectivity index (χ1v) is 7.56. The first-order valence-electron chi connectivity index (χ1n) is 7.56. The van der Waals surface area contributed by atoms with Gasteiger partial charge in [-0.05, 0) is 42.8 Å². The SMILES string of the molecule is COC(=O)[C@H](C)Oc1ccc2cc(-c3ccc(F)cc3)c(=O)oc2c1. The summed E-state index contributed by atoms with van der Waals surface area (Å²) in [6.07, 6.45) is -0.785. The second-order valence-corrected chi connectivity index (χ2v) is 5.44. The van der Waals surface area contributed by atoms with Gasteiger partial charge >= 0.3 is 11.6 Å². The molecule has 3 rings (SSSR count). The third kappa shape index (κ3) is 3.52. The zero-order valence-corrected chi connectivity index (χ0v) is 13.6. The summed E-state index contributed by atoms with van der Waals surface area (Å²) in [5.74, 6) is -0.508. The van der Waals surface area contributed by atoms with Crippen LogP contribution < -0.4 is 10.4 Å². The molecule has 0 bridgehead atoms. The lowest BCUT2D eigenvalue weighted by molar-refractivity contribution is -0.147. The van der Waals surface area contributed by atoms with Gasteiger partial charge < -0.3 is 13.9 Å². The summed E-state index contributed by atoms with van der Waals surface area (Å²) < 4.78 is 28.4. The van der Waals surface area contributed by atoms with Crippen molar-refractivity contribution in [1.29, 1.82) is 0 Å². The largest absolute Gasteiger partial charge is 0.479 e. The fraction of sp³-hybridized carbons (Fsp3) is 0.158. The van der Waals surface area contributed by atoms with Crippen molar-refractivity contribution in [1.82, 2.24) is 0 Å². The Morgan fingerprint density at radius 2 is 1.84 bits per heavy atom. The van der Waals surface area contributed by atoms with E-state index in [9.17, 15) is 14.0 Å². The minimum atomic E-state index is -0.785. The molecule has 3 aromatic rings. The summed E-state index contributed by atoms with van der Waals surface area (Å²) in [5.41, 5.74) is 0.684. The smallest absolute Gasteiger partial charge is 0.346 e. The molecule has 0 radical (unpaired) electrons. The second kappa shape index (κ2) is 6.76. The van der Waals surface area contributed by atoms with Crippen LogP contribution >= 0.6 is 0 Å². The van der Waals surface area contributed by atoms with E-state index < -0.39 is 17.7 Å². The number of methoxy groups -OCH3 is 1. The van der Waals surface area contributed by atoms with Crippen LogP contribution in [0.2, 0.25) is 0 Å². The first kappa shape index (κ1) is 16.7. The third-order valence-corrected chi connectivity index (χ3v) is 3.71. The van der Waals surface area contributed by atoms with Crippen LogP contribution in [0.25, 0.3) is 22.1 Å². The molecule has 0 saturated heterocycles. The molecule has 1 aromatic heterocycles. The summed E-state index contributed by atoms with van der Waals surface area (Å²) in [5, 5.41) is 0.678. The lowest BCUT2D eigenvalue weighted by Crippen LogP contribution is -2.24. The molecule has 1 atom stereocenters. The van der Waals surface area contributed by atoms with Crippen molar-refractivity contribution in [2.75, 3.05) is 7.11 Å². The number of hydrogen-bond acceptors (Lipinski definition) is 5. The highest BCUT2D eigenvalue weighted by Crippen LogP contribution is 2.25. The van der Waals surface area contributed by atoms with Gasteiger partial charge in [0.25, 0.3) is 0 Å². The van der Waals surface area contributed by atoms with Crippen molar-refractivity contribution in [3.8, 4) is 16.9 Å². The zero-order valence-electron chi connectivity index (χ0n) is 13.6. The van der Waals surface area contributed by atoms with Crippen LogP contribution in [-0.2, 0) is 9.53 Å². The van der Waals surface area contributed by atoms with Crippen LogP contribution in [0.4, 0.5) is 4.39 Å². The molecule has 0 unspecified atom stereocenters. The highest BCUT2D eigenvalue weighted by Gasteiger charge is 2.15. The average Bonchev–Trinajstić information content (AvgIpc) is 2.61. The van der Waals surface area contributed by atoms with Crippen LogP contribution in [0, 0.1) is 5.82 Å². The molecule has 1 heterocycles. The first-order chi connectivity index (χ1) is 12.0. The molecule has 0 aliphatic carbocycles. The summed E-state index contributed by atoms with van der Waals surface area (Å²) >= 11 is 0. The Bertz CT molecular complexity index is 975. The lowest BCUT2D eigenvalue weighted by atomic mass is 10.1. The van der Waals surface area contributed by atoms with E-state index in [1.807, 2.05) is 0 Å². The predicted octanol–water partition coefficient (Wildman–Crippen LogP) is 3.54. The predicted molar refractivity (Wildman–Crippen MR) is 90.0 cm³/mol. The molecular formula is C19H15FO5.